The van der Waals surface area contributed by atoms with Crippen molar-refractivity contribution in [3.8, 4) is 0 Å². The van der Waals surface area contributed by atoms with E-state index in [-0.39, 0.29) is 23.3 Å². The van der Waals surface area contributed by atoms with Gasteiger partial charge in [-0.3, -0.25) is 22.8 Å². The van der Waals surface area contributed by atoms with Gasteiger partial charge < -0.3 is 80.7 Å². The number of nitrogens with zero attached hydrogens (tertiary/aromatic N) is 6. The smallest absolute Gasteiger partial charge is 0.387 e. The van der Waals surface area contributed by atoms with Gasteiger partial charge in [0.2, 0.25) is 0 Å². The van der Waals surface area contributed by atoms with E-state index in [4.69, 9.17) is 85.8 Å². The van der Waals surface area contributed by atoms with E-state index in [0.717, 1.165) is 33.7 Å². The van der Waals surface area contributed by atoms with Crippen molar-refractivity contribution in [1.82, 2.24) is 28.7 Å². The molecule has 77 heavy (non-hydrogen) atoms. The molecule has 3 saturated heterocycles. The zero-order valence-electron chi connectivity index (χ0n) is 39.3. The summed E-state index contributed by atoms with van der Waals surface area (Å²) in [4.78, 5) is 99.6. The molecule has 42 heteroatoms. The van der Waals surface area contributed by atoms with Crippen LogP contribution >= 0.6 is 72.8 Å². The summed E-state index contributed by atoms with van der Waals surface area (Å²) < 4.78 is 126. The summed E-state index contributed by atoms with van der Waals surface area (Å²) in [6, 6.07) is 3.70. The van der Waals surface area contributed by atoms with Crippen molar-refractivity contribution in [1.29, 1.82) is 0 Å². The summed E-state index contributed by atoms with van der Waals surface area (Å²) in [5.41, 5.74) is 7.78. The van der Waals surface area contributed by atoms with Crippen LogP contribution in [0.4, 0.5) is 30.6 Å². The molecule has 6 rings (SSSR count). The predicted molar refractivity (Wildman–Crippen MR) is 265 cm³/mol. The SMILES string of the molecule is CP(C)(=O)/C=C/[C@@]1(CCl)O[C@@H](n2ccc(N)nc2=O)[C@H](F)[C@@H]1O.Nc1ccn([C@@H]2O[C@@](/C=C/P(=O)(O)O)(CCl)[C@@H](O)[C@H]2F)c(=O)n1.Nc1ccn([C@@H]2O[C@](CCl)(CCP(=O)(O)OP(=O)(O)OP(=O)(O)O)[C@@H](O)[C@H]2F)c(=O)n1. The monoisotopic (exact) mass is 1270 g/mol. The molecule has 3 aliphatic rings. The lowest BCUT2D eigenvalue weighted by Crippen LogP contribution is -2.44. The molecule has 3 aliphatic heterocycles. The van der Waals surface area contributed by atoms with Crippen LogP contribution in [-0.2, 0) is 45.7 Å². The first-order chi connectivity index (χ1) is 35.2. The maximum absolute atomic E-state index is 14.7. The molecule has 14 atom stereocenters. The van der Waals surface area contributed by atoms with Gasteiger partial charge in [-0.2, -0.15) is 19.3 Å². The van der Waals surface area contributed by atoms with Crippen molar-refractivity contribution in [3.63, 3.8) is 0 Å². The van der Waals surface area contributed by atoms with Gasteiger partial charge in [-0.05, 0) is 55.9 Å². The second kappa shape index (κ2) is 25.3. The minimum Gasteiger partial charge on any atom is -0.387 e. The maximum Gasteiger partial charge on any atom is 0.488 e. The van der Waals surface area contributed by atoms with Crippen LogP contribution in [0.25, 0.3) is 0 Å². The third kappa shape index (κ3) is 16.9. The number of phosphoric acid groups is 2. The largest absolute Gasteiger partial charge is 0.488 e. The van der Waals surface area contributed by atoms with Gasteiger partial charge in [0, 0.05) is 24.4 Å². The average Bonchev–Trinajstić information content (AvgIpc) is 3.81. The second-order valence-corrected chi connectivity index (χ2v) is 27.5. The van der Waals surface area contributed by atoms with Gasteiger partial charge >= 0.3 is 47.9 Å². The number of hydrogen-bond acceptors (Lipinski definition) is 22. The van der Waals surface area contributed by atoms with E-state index in [1.807, 2.05) is 0 Å². The highest BCUT2D eigenvalue weighted by atomic mass is 35.5. The van der Waals surface area contributed by atoms with Crippen molar-refractivity contribution in [2.45, 2.75) is 78.7 Å². The van der Waals surface area contributed by atoms with Gasteiger partial charge in [-0.1, -0.05) is 0 Å². The fourth-order valence-corrected chi connectivity index (χ4v) is 12.8. The molecule has 434 valence electrons. The van der Waals surface area contributed by atoms with Crippen molar-refractivity contribution in [2.75, 3.05) is 54.3 Å². The minimum atomic E-state index is -5.68. The molecule has 0 aromatic carbocycles. The number of ether oxygens (including phenoxy) is 3. The third-order valence-electron chi connectivity index (χ3n) is 10.8. The van der Waals surface area contributed by atoms with Crippen LogP contribution in [0.5, 0.6) is 0 Å². The molecular weight excluding hydrogens is 1220 g/mol. The highest BCUT2D eigenvalue weighted by Crippen LogP contribution is 2.66. The Balaban J connectivity index is 0.000000254. The minimum absolute atomic E-state index is 0.0124. The fourth-order valence-electron chi connectivity index (χ4n) is 7.06. The molecule has 0 aliphatic carbocycles. The summed E-state index contributed by atoms with van der Waals surface area (Å²) in [5, 5.41) is 30.5. The number of halogens is 6. The van der Waals surface area contributed by atoms with Gasteiger partial charge in [-0.25, -0.2) is 41.0 Å². The molecule has 0 bridgehead atoms. The molecule has 0 saturated carbocycles. The van der Waals surface area contributed by atoms with Crippen LogP contribution < -0.4 is 34.3 Å². The number of nitrogen functional groups attached to an aromatic ring is 3. The van der Waals surface area contributed by atoms with E-state index in [0.29, 0.717) is 10.4 Å². The second-order valence-electron chi connectivity index (χ2n) is 17.1. The maximum atomic E-state index is 14.7. The molecule has 15 N–H and O–H groups in total. The van der Waals surface area contributed by atoms with Crippen LogP contribution in [0.3, 0.4) is 0 Å². The normalized spacial score (nSPS) is 31.3. The predicted octanol–water partition coefficient (Wildman–Crippen LogP) is 0.722. The lowest BCUT2D eigenvalue weighted by molar-refractivity contribution is -0.0919. The number of hydrogen-bond donors (Lipinski definition) is 12. The number of anilines is 3. The Morgan fingerprint density at radius 2 is 0.987 bits per heavy atom. The van der Waals surface area contributed by atoms with E-state index >= 15 is 0 Å². The first kappa shape index (κ1) is 66.3. The highest BCUT2D eigenvalue weighted by Gasteiger charge is 2.58. The zero-order valence-corrected chi connectivity index (χ0v) is 46.0. The van der Waals surface area contributed by atoms with E-state index in [9.17, 15) is 75.5 Å². The summed E-state index contributed by atoms with van der Waals surface area (Å²) in [6.45, 7) is 3.01. The molecule has 2 unspecified atom stereocenters. The number of aromatic nitrogens is 6. The zero-order chi connectivity index (χ0) is 58.7. The van der Waals surface area contributed by atoms with Gasteiger partial charge in [0.1, 0.15) is 59.7 Å². The molecule has 3 fully saturated rings. The van der Waals surface area contributed by atoms with E-state index in [1.165, 1.54) is 43.6 Å². The van der Waals surface area contributed by atoms with Crippen molar-refractivity contribution in [3.05, 3.63) is 92.0 Å². The topological polar surface area (TPSA) is 496 Å². The standard InChI is InChI=1S/C13H18ClFN3O4P.C11H18ClFN3O12P3.C11H14ClFN3O6P/c1-23(2,21)6-4-13(7-14)10(19)9(15)11(22-13)18-5-3-8(16)17-12(18)20;12-5-11(2-4-29(19,20)27-31(24,25)28-30(21,22)23)8(17)7(13)9(26-11)16-3-1-6(14)15-10(16)18;12-5-11(2-4-23(19,20)21)8(17)7(13)9(22-11)16-3-1-6(14)15-10(16)18/h3-6,9-11,19H,7H2,1-2H3,(H2,16,17,20);1,3,7-9,17H,2,4-5H2,(H,19,20)(H,24,25)(H2,14,15,18)(H2,21,22,23);1-4,7-9,17H,5H2,(H2,14,15,18)(H2,19,20,21)/b6-4+;;4-2+/t9-,10+,11-,13+;2*7-,8+,9-,11+/m111/s1. The van der Waals surface area contributed by atoms with E-state index in [1.54, 1.807) is 0 Å². The molecule has 0 amide bonds. The Bertz CT molecular complexity index is 2980. The Morgan fingerprint density at radius 3 is 1.31 bits per heavy atom. The Hall–Kier alpha value is -3.23. The number of aliphatic hydroxyl groups is 3. The molecule has 0 spiro atoms. The summed E-state index contributed by atoms with van der Waals surface area (Å²) in [7, 11) is -23.5. The van der Waals surface area contributed by atoms with Gasteiger partial charge in [0.25, 0.3) is 0 Å². The molecule has 3 aromatic heterocycles. The summed E-state index contributed by atoms with van der Waals surface area (Å²) >= 11 is 17.3. The Labute approximate surface area is 445 Å². The van der Waals surface area contributed by atoms with Crippen LogP contribution in [0, 0.1) is 0 Å². The molecular formula is C35H50Cl3F3N9O22P5. The number of aliphatic hydroxyl groups excluding tert-OH is 3. The first-order valence-electron chi connectivity index (χ1n) is 21.1. The van der Waals surface area contributed by atoms with Crippen molar-refractivity contribution < 1.29 is 104 Å². The van der Waals surface area contributed by atoms with Crippen molar-refractivity contribution >= 4 is 90.2 Å². The molecule has 3 aromatic rings. The Kier molecular flexibility index (Phi) is 21.8. The van der Waals surface area contributed by atoms with Gasteiger partial charge in [0.05, 0.1) is 23.8 Å². The molecule has 0 radical (unpaired) electrons. The Morgan fingerprint density at radius 1 is 0.623 bits per heavy atom. The van der Waals surface area contributed by atoms with Crippen LogP contribution in [0.15, 0.2) is 75.0 Å². The molecule has 31 nitrogen and oxygen atoms in total. The van der Waals surface area contributed by atoms with Crippen LogP contribution in [-0.4, -0.2) is 164 Å². The quantitative estimate of drug-likeness (QED) is 0.0654. The lowest BCUT2D eigenvalue weighted by atomic mass is 9.95. The summed E-state index contributed by atoms with van der Waals surface area (Å²) in [5.74, 6) is 0.111. The number of alkyl halides is 6. The van der Waals surface area contributed by atoms with Crippen molar-refractivity contribution in [2.24, 2.45) is 0 Å². The van der Waals surface area contributed by atoms with E-state index < -0.39 is 152 Å². The lowest BCUT2D eigenvalue weighted by Gasteiger charge is -2.30. The molecule has 6 heterocycles. The fraction of sp³-hybridized carbons (Fsp3) is 0.543. The first-order valence-corrected chi connectivity index (χ1v) is 31.8. The summed E-state index contributed by atoms with van der Waals surface area (Å²) in [6.07, 6.45) is -12.8. The third-order valence-corrected chi connectivity index (χ3v) is 17.8. The van der Waals surface area contributed by atoms with Crippen LogP contribution in [0.2, 0.25) is 0 Å². The van der Waals surface area contributed by atoms with Crippen LogP contribution in [0.1, 0.15) is 25.1 Å². The average molecular weight is 1270 g/mol. The highest BCUT2D eigenvalue weighted by molar-refractivity contribution is 7.68. The van der Waals surface area contributed by atoms with Gasteiger partial charge in [-0.15, -0.1) is 34.8 Å². The number of nitrogens with two attached hydrogens (primary N) is 3. The number of rotatable bonds is 17. The van der Waals surface area contributed by atoms with Gasteiger partial charge in [0.15, 0.2) is 37.2 Å². The van der Waals surface area contributed by atoms with E-state index in [2.05, 4.69) is 23.6 Å².